The highest BCUT2D eigenvalue weighted by molar-refractivity contribution is 7.27. The lowest BCUT2D eigenvalue weighted by Gasteiger charge is -2.19. The van der Waals surface area contributed by atoms with Gasteiger partial charge in [0.15, 0.2) is 0 Å². The monoisotopic (exact) mass is 1590 g/mol. The molecule has 0 aliphatic carbocycles. The first kappa shape index (κ1) is 69.6. The van der Waals surface area contributed by atoms with Gasteiger partial charge in [-0.25, -0.2) is 0 Å². The number of rotatable bonds is 10. The minimum absolute atomic E-state index is 1.14. The molecule has 26 rings (SSSR count). The van der Waals surface area contributed by atoms with E-state index >= 15 is 0 Å². The Balaban J connectivity index is 0.669. The Labute approximate surface area is 717 Å². The molecule has 0 spiro atoms. The topological polar surface area (TPSA) is 4.93 Å². The molecule has 0 atom stereocenters. The van der Waals surface area contributed by atoms with Crippen molar-refractivity contribution >= 4 is 182 Å². The molecule has 0 unspecified atom stereocenters. The molecule has 0 N–H and O–H groups in total. The third-order valence-corrected chi connectivity index (χ3v) is 29.1. The second kappa shape index (κ2) is 27.6. The fourth-order valence-corrected chi connectivity index (χ4v) is 23.5. The normalized spacial score (nSPS) is 12.1. The van der Waals surface area contributed by atoms with Crippen LogP contribution in [0.5, 0.6) is 0 Å². The van der Waals surface area contributed by atoms with E-state index in [1.165, 1.54) is 231 Å². The molecular formula is C120H71NS2. The van der Waals surface area contributed by atoms with Gasteiger partial charge >= 0.3 is 0 Å². The van der Waals surface area contributed by atoms with Gasteiger partial charge in [0, 0.05) is 62.4 Å². The molecule has 123 heavy (non-hydrogen) atoms. The predicted molar refractivity (Wildman–Crippen MR) is 533 cm³/mol. The zero-order valence-corrected chi connectivity index (χ0v) is 68.4. The van der Waals surface area contributed by atoms with E-state index in [1.54, 1.807) is 0 Å². The van der Waals surface area contributed by atoms with Crippen LogP contribution in [0.15, 0.2) is 431 Å². The molecule has 23 aromatic carbocycles. The minimum atomic E-state index is 1.14. The fraction of sp³-hybridized carbons (Fsp3) is 0. The molecule has 0 bridgehead atoms. The smallest absolute Gasteiger partial charge is 0.0541 e. The second-order valence-electron chi connectivity index (χ2n) is 33.1. The Morgan fingerprint density at radius 3 is 0.943 bits per heavy atom. The van der Waals surface area contributed by atoms with E-state index < -0.39 is 0 Å². The average Bonchev–Trinajstić information content (AvgIpc) is 1.65. The van der Waals surface area contributed by atoms with Crippen molar-refractivity contribution in [2.45, 2.75) is 0 Å². The van der Waals surface area contributed by atoms with Crippen LogP contribution in [0.1, 0.15) is 0 Å². The zero-order chi connectivity index (χ0) is 80.5. The Kier molecular flexibility index (Phi) is 15.6. The number of para-hydroxylation sites is 2. The van der Waals surface area contributed by atoms with Crippen molar-refractivity contribution in [2.75, 3.05) is 0 Å². The molecule has 0 aliphatic heterocycles. The van der Waals surface area contributed by atoms with E-state index in [9.17, 15) is 0 Å². The van der Waals surface area contributed by atoms with Gasteiger partial charge < -0.3 is 4.57 Å². The van der Waals surface area contributed by atoms with Gasteiger partial charge in [-0.1, -0.05) is 358 Å². The van der Waals surface area contributed by atoms with Crippen LogP contribution >= 0.6 is 22.7 Å². The molecule has 3 heterocycles. The lowest BCUT2D eigenvalue weighted by atomic mass is 9.84. The first-order valence-corrected chi connectivity index (χ1v) is 44.1. The molecular weight excluding hydrogens is 1520 g/mol. The summed E-state index contributed by atoms with van der Waals surface area (Å²) in [6.07, 6.45) is 0. The summed E-state index contributed by atoms with van der Waals surface area (Å²) in [5, 5.41) is 30.1. The maximum absolute atomic E-state index is 2.52. The summed E-state index contributed by atoms with van der Waals surface area (Å²) in [4.78, 5) is 0. The summed E-state index contributed by atoms with van der Waals surface area (Å²) >= 11 is 3.81. The van der Waals surface area contributed by atoms with Gasteiger partial charge in [0.1, 0.15) is 0 Å². The van der Waals surface area contributed by atoms with Crippen LogP contribution in [0.2, 0.25) is 0 Å². The molecule has 0 fully saturated rings. The molecule has 0 saturated heterocycles. The third-order valence-electron chi connectivity index (χ3n) is 26.6. The van der Waals surface area contributed by atoms with Crippen LogP contribution in [0.4, 0.5) is 0 Å². The minimum Gasteiger partial charge on any atom is -0.309 e. The van der Waals surface area contributed by atoms with Crippen molar-refractivity contribution in [2.24, 2.45) is 0 Å². The number of hydrogen-bond donors (Lipinski definition) is 0. The fourth-order valence-electron chi connectivity index (χ4n) is 20.9. The molecule has 1 nitrogen and oxygen atoms in total. The second-order valence-corrected chi connectivity index (χ2v) is 35.2. The van der Waals surface area contributed by atoms with Crippen molar-refractivity contribution < 1.29 is 0 Å². The van der Waals surface area contributed by atoms with Gasteiger partial charge in [-0.3, -0.25) is 0 Å². The zero-order valence-electron chi connectivity index (χ0n) is 66.8. The van der Waals surface area contributed by atoms with Gasteiger partial charge in [0.05, 0.1) is 11.0 Å². The number of aromatic nitrogens is 1. The highest BCUT2D eigenvalue weighted by atomic mass is 32.1. The number of nitrogens with zero attached hydrogens (tertiary/aromatic N) is 1. The highest BCUT2D eigenvalue weighted by Gasteiger charge is 2.25. The molecule has 568 valence electrons. The van der Waals surface area contributed by atoms with E-state index in [4.69, 9.17) is 0 Å². The number of thiophene rings is 2. The lowest BCUT2D eigenvalue weighted by Crippen LogP contribution is -1.94. The van der Waals surface area contributed by atoms with Crippen LogP contribution in [-0.4, -0.2) is 4.57 Å². The molecule has 0 aliphatic rings. The summed E-state index contributed by atoms with van der Waals surface area (Å²) in [5.74, 6) is 0. The summed E-state index contributed by atoms with van der Waals surface area (Å²) in [6.45, 7) is 0. The van der Waals surface area contributed by atoms with Crippen LogP contribution in [-0.2, 0) is 0 Å². The van der Waals surface area contributed by atoms with Crippen LogP contribution < -0.4 is 0 Å². The molecule has 3 heteroatoms. The predicted octanol–water partition coefficient (Wildman–Crippen LogP) is 34.9. The van der Waals surface area contributed by atoms with Gasteiger partial charge in [-0.05, 0) is 264 Å². The first-order valence-electron chi connectivity index (χ1n) is 42.5. The maximum atomic E-state index is 2.52. The van der Waals surface area contributed by atoms with Crippen molar-refractivity contribution in [3.8, 4) is 106 Å². The highest BCUT2D eigenvalue weighted by Crippen LogP contribution is 2.52. The van der Waals surface area contributed by atoms with Gasteiger partial charge in [-0.15, -0.1) is 22.7 Å². The Morgan fingerprint density at radius 1 is 0.130 bits per heavy atom. The van der Waals surface area contributed by atoms with Gasteiger partial charge in [0.25, 0.3) is 0 Å². The van der Waals surface area contributed by atoms with E-state index in [2.05, 4.69) is 435 Å². The quantitative estimate of drug-likeness (QED) is 0.120. The molecule has 0 amide bonds. The van der Waals surface area contributed by atoms with Crippen molar-refractivity contribution in [3.05, 3.63) is 431 Å². The Bertz CT molecular complexity index is 8880. The average molecular weight is 1590 g/mol. The molecule has 0 radical (unpaired) electrons. The van der Waals surface area contributed by atoms with E-state index in [0.29, 0.717) is 0 Å². The van der Waals surface area contributed by atoms with Crippen LogP contribution in [0.25, 0.3) is 265 Å². The summed E-state index contributed by atoms with van der Waals surface area (Å²) in [5.41, 5.74) is 24.9. The van der Waals surface area contributed by atoms with E-state index in [-0.39, 0.29) is 0 Å². The number of fused-ring (bicyclic) bond motifs is 27. The third kappa shape index (κ3) is 10.9. The Morgan fingerprint density at radius 2 is 0.423 bits per heavy atom. The Hall–Kier alpha value is -15.4. The summed E-state index contributed by atoms with van der Waals surface area (Å²) < 4.78 is 7.56. The summed E-state index contributed by atoms with van der Waals surface area (Å²) in [7, 11) is 0. The van der Waals surface area contributed by atoms with Crippen molar-refractivity contribution in [1.29, 1.82) is 0 Å². The van der Waals surface area contributed by atoms with Crippen LogP contribution in [0.3, 0.4) is 0 Å². The van der Waals surface area contributed by atoms with Crippen molar-refractivity contribution in [1.82, 2.24) is 4.57 Å². The molecule has 0 saturated carbocycles. The molecule has 26 aromatic rings. The SMILES string of the molecule is c1ccc(-c2cccc3c2sc2c(-c4cc(-c5ccc6c(c5)c5ccccc5c5ccc(-c7ccc(-c8ccc(-n9c%10ccccc%10c%10ccccc%109)cc8)cc7-c7ccc8c9ccccc9c9ccccc9c8c7)cc56)ccc4-c4ccc(-c5cccc6c5sc5ccccc56)cc4-c4ccc5c6ccccc6c6ccccc6c5c4)cccc23)cc1. The van der Waals surface area contributed by atoms with Crippen molar-refractivity contribution in [3.63, 3.8) is 0 Å². The summed E-state index contributed by atoms with van der Waals surface area (Å²) in [6, 6.07) is 163. The van der Waals surface area contributed by atoms with Gasteiger partial charge in [0.2, 0.25) is 0 Å². The first-order chi connectivity index (χ1) is 61.0. The standard InChI is InChI=1S/C120H71NS2/c1-2-23-73(24-3-1)83-38-20-41-105-106-42-22-43-107(120(106)123-119(83)105)114-67-76(50-59-99(114)95-61-53-78(84-39-21-40-104-103-37-16-19-46-117(103)122-118(84)104)68-109(95)80-55-64-97-90-30-7-5-26-86(90)88-28-9-12-33-93(88)112(97)71-80)75-51-60-100-110(66-75)94-34-13-10-31-91(94)98-62-52-77(69-113(98)100)82-58-49-74(72-47-56-81(57-48-72)121-115-44-17-14-35-101(115)102-36-15-18-45-116(102)121)65-108(82)79-54-63-96-89-29-6-4-25-85(89)87-27-8-11-32-92(87)111(96)70-79/h1-71H. The van der Waals surface area contributed by atoms with E-state index in [0.717, 1.165) is 33.5 Å². The molecule has 3 aromatic heterocycles. The van der Waals surface area contributed by atoms with Gasteiger partial charge in [-0.2, -0.15) is 0 Å². The number of hydrogen-bond acceptors (Lipinski definition) is 2. The maximum Gasteiger partial charge on any atom is 0.0541 e. The lowest BCUT2D eigenvalue weighted by molar-refractivity contribution is 1.18. The van der Waals surface area contributed by atoms with E-state index in [1.807, 2.05) is 22.7 Å². The largest absolute Gasteiger partial charge is 0.309 e. The van der Waals surface area contributed by atoms with Crippen LogP contribution in [0, 0.1) is 0 Å². The number of benzene rings is 23.